The molecule has 0 aliphatic heterocycles. The number of aliphatic hydroxyl groups is 1. The summed E-state index contributed by atoms with van der Waals surface area (Å²) in [6, 6.07) is 3.85. The van der Waals surface area contributed by atoms with Gasteiger partial charge in [-0.2, -0.15) is 4.72 Å². The topological polar surface area (TPSA) is 113 Å². The monoisotopic (exact) mass is 275 g/mol. The molecule has 0 aromatic heterocycles. The smallest absolute Gasteiger partial charge is 0.324 e. The average molecular weight is 275 g/mol. The first kappa shape index (κ1) is 14.4. The molecule has 0 fully saturated rings. The Balaban J connectivity index is 2.95. The molecule has 1 aromatic rings. The second kappa shape index (κ2) is 5.80. The molecule has 0 spiro atoms. The third kappa shape index (κ3) is 3.42. The average Bonchev–Trinajstić information content (AvgIpc) is 2.35. The van der Waals surface area contributed by atoms with Crippen molar-refractivity contribution in [2.24, 2.45) is 0 Å². The number of benzene rings is 1. The summed E-state index contributed by atoms with van der Waals surface area (Å²) in [6.07, 6.45) is 0. The number of hydrogen-bond acceptors (Lipinski definition) is 5. The molecule has 3 N–H and O–H groups in total. The summed E-state index contributed by atoms with van der Waals surface area (Å²) in [7, 11) is -2.55. The van der Waals surface area contributed by atoms with Crippen LogP contribution in [0.25, 0.3) is 0 Å². The van der Waals surface area contributed by atoms with E-state index in [2.05, 4.69) is 0 Å². The van der Waals surface area contributed by atoms with E-state index in [1.807, 2.05) is 4.72 Å². The van der Waals surface area contributed by atoms with Crippen LogP contribution in [-0.2, 0) is 14.8 Å². The summed E-state index contributed by atoms with van der Waals surface area (Å²) in [5.41, 5.74) is 0. The van der Waals surface area contributed by atoms with E-state index in [9.17, 15) is 13.2 Å². The standard InChI is InChI=1S/C10H13NO6S/c1-17-7-2-4-8(5-3-7)18(15,16)11-9(6-12)10(13)14/h2-5,9,11-12H,6H2,1H3,(H,13,14)/t9-/m1/s1. The zero-order valence-electron chi connectivity index (χ0n) is 9.53. The molecule has 0 saturated carbocycles. The van der Waals surface area contributed by atoms with Crippen LogP contribution in [0.15, 0.2) is 29.2 Å². The van der Waals surface area contributed by atoms with Crippen LogP contribution in [0.3, 0.4) is 0 Å². The van der Waals surface area contributed by atoms with Gasteiger partial charge in [0.05, 0.1) is 18.6 Å². The van der Waals surface area contributed by atoms with Gasteiger partial charge >= 0.3 is 5.97 Å². The first-order valence-corrected chi connectivity index (χ1v) is 6.39. The molecule has 18 heavy (non-hydrogen) atoms. The maximum absolute atomic E-state index is 11.8. The molecule has 0 aliphatic carbocycles. The Morgan fingerprint density at radius 3 is 2.33 bits per heavy atom. The van der Waals surface area contributed by atoms with E-state index in [4.69, 9.17) is 14.9 Å². The molecule has 100 valence electrons. The van der Waals surface area contributed by atoms with Gasteiger partial charge in [-0.15, -0.1) is 0 Å². The fraction of sp³-hybridized carbons (Fsp3) is 0.300. The SMILES string of the molecule is COc1ccc(S(=O)(=O)N[C@H](CO)C(=O)O)cc1. The van der Waals surface area contributed by atoms with Gasteiger partial charge in [0.1, 0.15) is 11.8 Å². The van der Waals surface area contributed by atoms with Crippen molar-refractivity contribution < 1.29 is 28.2 Å². The molecule has 7 nitrogen and oxygen atoms in total. The summed E-state index contributed by atoms with van der Waals surface area (Å²) in [6.45, 7) is -0.829. The predicted molar refractivity (Wildman–Crippen MR) is 61.8 cm³/mol. The minimum atomic E-state index is -3.99. The van der Waals surface area contributed by atoms with Gasteiger partial charge in [0, 0.05) is 0 Å². The van der Waals surface area contributed by atoms with E-state index >= 15 is 0 Å². The first-order valence-electron chi connectivity index (χ1n) is 4.90. The second-order valence-corrected chi connectivity index (χ2v) is 5.08. The molecular formula is C10H13NO6S. The van der Waals surface area contributed by atoms with E-state index in [-0.39, 0.29) is 4.90 Å². The van der Waals surface area contributed by atoms with Crippen LogP contribution in [0.2, 0.25) is 0 Å². The third-order valence-electron chi connectivity index (χ3n) is 2.15. The molecular weight excluding hydrogens is 262 g/mol. The van der Waals surface area contributed by atoms with Gasteiger partial charge in [-0.25, -0.2) is 8.42 Å². The Bertz CT molecular complexity index is 510. The highest BCUT2D eigenvalue weighted by atomic mass is 32.2. The summed E-state index contributed by atoms with van der Waals surface area (Å²) in [4.78, 5) is 10.5. The fourth-order valence-electron chi connectivity index (χ4n) is 1.18. The zero-order valence-corrected chi connectivity index (χ0v) is 10.3. The van der Waals surface area contributed by atoms with Gasteiger partial charge in [0.2, 0.25) is 10.0 Å². The van der Waals surface area contributed by atoms with Crippen LogP contribution < -0.4 is 9.46 Å². The second-order valence-electron chi connectivity index (χ2n) is 3.37. The first-order chi connectivity index (χ1) is 8.40. The number of aliphatic hydroxyl groups excluding tert-OH is 1. The van der Waals surface area contributed by atoms with Crippen molar-refractivity contribution in [3.05, 3.63) is 24.3 Å². The summed E-state index contributed by atoms with van der Waals surface area (Å²) >= 11 is 0. The Morgan fingerprint density at radius 1 is 1.39 bits per heavy atom. The van der Waals surface area contributed by atoms with Crippen molar-refractivity contribution in [3.8, 4) is 5.75 Å². The van der Waals surface area contributed by atoms with Crippen molar-refractivity contribution in [1.82, 2.24) is 4.72 Å². The number of hydrogen-bond donors (Lipinski definition) is 3. The van der Waals surface area contributed by atoms with E-state index in [0.717, 1.165) is 0 Å². The lowest BCUT2D eigenvalue weighted by Crippen LogP contribution is -2.43. The highest BCUT2D eigenvalue weighted by molar-refractivity contribution is 7.89. The minimum absolute atomic E-state index is 0.108. The number of methoxy groups -OCH3 is 1. The molecule has 0 unspecified atom stereocenters. The van der Waals surface area contributed by atoms with Crippen LogP contribution in [0.1, 0.15) is 0 Å². The van der Waals surface area contributed by atoms with Gasteiger partial charge in [0.25, 0.3) is 0 Å². The van der Waals surface area contributed by atoms with Crippen LogP contribution in [0, 0.1) is 0 Å². The van der Waals surface area contributed by atoms with Crippen molar-refractivity contribution >= 4 is 16.0 Å². The van der Waals surface area contributed by atoms with Gasteiger partial charge in [-0.1, -0.05) is 0 Å². The Morgan fingerprint density at radius 2 is 1.94 bits per heavy atom. The van der Waals surface area contributed by atoms with Crippen molar-refractivity contribution in [2.75, 3.05) is 13.7 Å². The fourth-order valence-corrected chi connectivity index (χ4v) is 2.36. The quantitative estimate of drug-likeness (QED) is 0.640. The minimum Gasteiger partial charge on any atom is -0.497 e. The largest absolute Gasteiger partial charge is 0.497 e. The maximum atomic E-state index is 11.8. The molecule has 1 atom stereocenters. The van der Waals surface area contributed by atoms with Gasteiger partial charge < -0.3 is 14.9 Å². The Hall–Kier alpha value is -1.64. The number of ether oxygens (including phenoxy) is 1. The molecule has 0 saturated heterocycles. The van der Waals surface area contributed by atoms with Gasteiger partial charge in [-0.3, -0.25) is 4.79 Å². The maximum Gasteiger partial charge on any atom is 0.324 e. The van der Waals surface area contributed by atoms with Gasteiger partial charge in [-0.05, 0) is 24.3 Å². The van der Waals surface area contributed by atoms with E-state index in [1.165, 1.54) is 31.4 Å². The van der Waals surface area contributed by atoms with Crippen LogP contribution in [-0.4, -0.2) is 44.4 Å². The predicted octanol–water partition coefficient (Wildman–Crippen LogP) is -0.581. The number of carbonyl (C=O) groups is 1. The highest BCUT2D eigenvalue weighted by Crippen LogP contribution is 2.15. The summed E-state index contributed by atoms with van der Waals surface area (Å²) in [5.74, 6) is -0.972. The summed E-state index contributed by atoms with van der Waals surface area (Å²) in [5, 5.41) is 17.4. The number of sulfonamides is 1. The number of aliphatic carboxylic acids is 1. The summed E-state index contributed by atoms with van der Waals surface area (Å²) < 4.78 is 30.3. The molecule has 1 aromatic carbocycles. The lowest BCUT2D eigenvalue weighted by molar-refractivity contribution is -0.139. The van der Waals surface area contributed by atoms with Crippen molar-refractivity contribution in [3.63, 3.8) is 0 Å². The van der Waals surface area contributed by atoms with Gasteiger partial charge in [0.15, 0.2) is 0 Å². The number of carboxylic acid groups (broad SMARTS) is 1. The molecule has 0 aliphatic rings. The molecule has 0 radical (unpaired) electrons. The molecule has 8 heteroatoms. The normalized spacial score (nSPS) is 13.0. The Kier molecular flexibility index (Phi) is 4.65. The molecule has 0 heterocycles. The highest BCUT2D eigenvalue weighted by Gasteiger charge is 2.24. The van der Waals surface area contributed by atoms with Crippen LogP contribution in [0.4, 0.5) is 0 Å². The van der Waals surface area contributed by atoms with Crippen LogP contribution >= 0.6 is 0 Å². The Labute approximate surface area is 104 Å². The van der Waals surface area contributed by atoms with E-state index in [1.54, 1.807) is 0 Å². The lowest BCUT2D eigenvalue weighted by Gasteiger charge is -2.12. The third-order valence-corrected chi connectivity index (χ3v) is 3.64. The number of carboxylic acids is 1. The van der Waals surface area contributed by atoms with E-state index < -0.39 is 28.6 Å². The van der Waals surface area contributed by atoms with Crippen molar-refractivity contribution in [1.29, 1.82) is 0 Å². The zero-order chi connectivity index (χ0) is 13.8. The number of rotatable bonds is 6. The molecule has 1 rings (SSSR count). The molecule has 0 bridgehead atoms. The van der Waals surface area contributed by atoms with E-state index in [0.29, 0.717) is 5.75 Å². The molecule has 0 amide bonds. The lowest BCUT2D eigenvalue weighted by atomic mass is 10.3. The number of nitrogens with one attached hydrogen (secondary N) is 1. The van der Waals surface area contributed by atoms with Crippen molar-refractivity contribution in [2.45, 2.75) is 10.9 Å². The van der Waals surface area contributed by atoms with Crippen LogP contribution in [0.5, 0.6) is 5.75 Å².